The van der Waals surface area contributed by atoms with Crippen LogP contribution in [0.15, 0.2) is 36.4 Å². The molecule has 2 aliphatic carbocycles. The number of Topliss-reactive ketones (excluding diaryl/α,β-unsaturated/α-hetero) is 2. The van der Waals surface area contributed by atoms with Crippen LogP contribution in [0.3, 0.4) is 0 Å². The number of aliphatic hydroxyl groups is 1. The molecule has 0 spiro atoms. The Morgan fingerprint density at radius 3 is 2.46 bits per heavy atom. The van der Waals surface area contributed by atoms with Crippen molar-refractivity contribution >= 4 is 17.5 Å². The van der Waals surface area contributed by atoms with E-state index in [1.54, 1.807) is 0 Å². The Balaban J connectivity index is 1.72. The van der Waals surface area contributed by atoms with Crippen LogP contribution in [-0.4, -0.2) is 44.1 Å². The van der Waals surface area contributed by atoms with Gasteiger partial charge in [-0.1, -0.05) is 24.3 Å². The number of hydrogen-bond donors (Lipinski definition) is 3. The topological polar surface area (TPSA) is 134 Å². The molecule has 0 aromatic heterocycles. The van der Waals surface area contributed by atoms with Crippen molar-refractivity contribution in [3.63, 3.8) is 0 Å². The average molecular weight is 380 g/mol. The number of aromatic hydroxyl groups is 2. The number of fused-ring (bicyclic) bond motifs is 5. The third kappa shape index (κ3) is 1.28. The van der Waals surface area contributed by atoms with Gasteiger partial charge in [-0.2, -0.15) is 0 Å². The molecule has 3 N–H and O–H groups in total. The number of epoxide rings is 1. The van der Waals surface area contributed by atoms with E-state index in [1.807, 2.05) is 0 Å². The maximum absolute atomic E-state index is 13.5. The summed E-state index contributed by atoms with van der Waals surface area (Å²) in [6, 6.07) is 8.18. The van der Waals surface area contributed by atoms with Crippen LogP contribution in [-0.2, 0) is 15.1 Å². The van der Waals surface area contributed by atoms with Gasteiger partial charge >= 0.3 is 5.97 Å². The first-order valence-electron chi connectivity index (χ1n) is 8.68. The summed E-state index contributed by atoms with van der Waals surface area (Å²) < 4.78 is 11.0. The Morgan fingerprint density at radius 2 is 1.68 bits per heavy atom. The monoisotopic (exact) mass is 380 g/mol. The Labute approximate surface area is 156 Å². The quantitative estimate of drug-likeness (QED) is 0.347. The van der Waals surface area contributed by atoms with Crippen LogP contribution in [0.5, 0.6) is 17.2 Å². The molecule has 0 amide bonds. The van der Waals surface area contributed by atoms with Gasteiger partial charge in [-0.15, -0.1) is 0 Å². The van der Waals surface area contributed by atoms with E-state index < -0.39 is 46.0 Å². The normalized spacial score (nSPS) is 36.6. The average Bonchev–Trinajstić information content (AvgIpc) is 3.34. The van der Waals surface area contributed by atoms with E-state index in [0.29, 0.717) is 0 Å². The second-order valence-corrected chi connectivity index (χ2v) is 7.57. The largest absolute Gasteiger partial charge is 0.507 e. The minimum atomic E-state index is -2.09. The highest BCUT2D eigenvalue weighted by Gasteiger charge is 2.96. The van der Waals surface area contributed by atoms with Gasteiger partial charge in [0.05, 0.1) is 5.56 Å². The first-order chi connectivity index (χ1) is 13.3. The molecule has 0 radical (unpaired) electrons. The van der Waals surface area contributed by atoms with Crippen molar-refractivity contribution < 1.29 is 39.2 Å². The lowest BCUT2D eigenvalue weighted by atomic mass is 9.68. The van der Waals surface area contributed by atoms with Gasteiger partial charge in [0, 0.05) is 17.5 Å². The number of ether oxygens (including phenoxy) is 2. The van der Waals surface area contributed by atoms with Gasteiger partial charge < -0.3 is 24.8 Å². The molecule has 2 heterocycles. The smallest absolute Gasteiger partial charge is 0.318 e. The second-order valence-electron chi connectivity index (χ2n) is 7.57. The van der Waals surface area contributed by atoms with Crippen LogP contribution in [0.2, 0.25) is 0 Å². The maximum Gasteiger partial charge on any atom is 0.318 e. The number of phenolic OH excluding ortho intramolecular Hbond substituents is 2. The SMILES string of the molecule is O=C1Oc2c(O)cccc2C2(O)CC1C13OC21C(=O)c1c(O)cccc1C3=O. The molecule has 140 valence electrons. The summed E-state index contributed by atoms with van der Waals surface area (Å²) in [6.45, 7) is 0. The van der Waals surface area contributed by atoms with Gasteiger partial charge in [0.2, 0.25) is 11.4 Å². The molecule has 2 fully saturated rings. The highest BCUT2D eigenvalue weighted by molar-refractivity contribution is 6.28. The van der Waals surface area contributed by atoms with E-state index in [9.17, 15) is 29.7 Å². The van der Waals surface area contributed by atoms with Crippen LogP contribution < -0.4 is 4.74 Å². The summed E-state index contributed by atoms with van der Waals surface area (Å²) in [5, 5.41) is 32.0. The van der Waals surface area contributed by atoms with Crippen LogP contribution in [0.25, 0.3) is 0 Å². The molecular weight excluding hydrogens is 368 g/mol. The van der Waals surface area contributed by atoms with E-state index in [-0.39, 0.29) is 34.6 Å². The molecular formula is C20H12O8. The van der Waals surface area contributed by atoms with Crippen LogP contribution >= 0.6 is 0 Å². The predicted molar refractivity (Wildman–Crippen MR) is 89.1 cm³/mol. The van der Waals surface area contributed by atoms with E-state index in [2.05, 4.69) is 0 Å². The Morgan fingerprint density at radius 1 is 0.964 bits per heavy atom. The number of carbonyl (C=O) groups excluding carboxylic acids is 3. The summed E-state index contributed by atoms with van der Waals surface area (Å²) in [4.78, 5) is 39.6. The number of rotatable bonds is 0. The lowest BCUT2D eigenvalue weighted by Crippen LogP contribution is -2.54. The summed E-state index contributed by atoms with van der Waals surface area (Å²) in [7, 11) is 0. The fraction of sp³-hybridized carbons (Fsp3) is 0.250. The summed E-state index contributed by atoms with van der Waals surface area (Å²) in [6.07, 6.45) is -0.283. The molecule has 8 nitrogen and oxygen atoms in total. The lowest BCUT2D eigenvalue weighted by molar-refractivity contribution is -0.141. The number of ketones is 2. The van der Waals surface area contributed by atoms with E-state index in [1.165, 1.54) is 36.4 Å². The Kier molecular flexibility index (Phi) is 2.40. The first-order valence-corrected chi connectivity index (χ1v) is 8.68. The summed E-state index contributed by atoms with van der Waals surface area (Å²) in [5.74, 6) is -4.59. The van der Waals surface area contributed by atoms with Gasteiger partial charge in [0.25, 0.3) is 0 Å². The molecule has 4 unspecified atom stereocenters. The standard InChI is InChI=1S/C20H12O8/c21-11-5-1-3-8-13(11)16(24)20-18(26)7-10(19(20,28-20)15(8)23)17(25)27-14-9(18)4-2-6-12(14)22/h1-6,10,21-22,26H,7H2. The van der Waals surface area contributed by atoms with E-state index in [0.717, 1.165) is 0 Å². The molecule has 8 heteroatoms. The van der Waals surface area contributed by atoms with Crippen molar-refractivity contribution in [1.29, 1.82) is 0 Å². The van der Waals surface area contributed by atoms with Gasteiger partial charge in [0.1, 0.15) is 17.3 Å². The number of para-hydroxylation sites is 1. The first kappa shape index (κ1) is 15.8. The number of carbonyl (C=O) groups is 3. The molecule has 4 aliphatic rings. The molecule has 1 saturated carbocycles. The zero-order chi connectivity index (χ0) is 19.6. The summed E-state index contributed by atoms with van der Waals surface area (Å²) >= 11 is 0. The Bertz CT molecular complexity index is 1170. The third-order valence-corrected chi connectivity index (χ3v) is 6.47. The number of benzene rings is 2. The van der Waals surface area contributed by atoms with Gasteiger partial charge in [-0.25, -0.2) is 0 Å². The lowest BCUT2D eigenvalue weighted by Gasteiger charge is -2.33. The predicted octanol–water partition coefficient (Wildman–Crippen LogP) is 0.811. The highest BCUT2D eigenvalue weighted by atomic mass is 16.7. The molecule has 2 aliphatic heterocycles. The van der Waals surface area contributed by atoms with E-state index >= 15 is 0 Å². The van der Waals surface area contributed by atoms with Crippen molar-refractivity contribution in [2.24, 2.45) is 5.92 Å². The van der Waals surface area contributed by atoms with Crippen LogP contribution in [0.1, 0.15) is 32.7 Å². The summed E-state index contributed by atoms with van der Waals surface area (Å²) in [5.41, 5.74) is -6.35. The number of phenols is 2. The van der Waals surface area contributed by atoms with Crippen molar-refractivity contribution in [3.8, 4) is 17.2 Å². The third-order valence-electron chi connectivity index (χ3n) is 6.47. The fourth-order valence-electron chi connectivity index (χ4n) is 5.30. The Hall–Kier alpha value is -3.23. The fourth-order valence-corrected chi connectivity index (χ4v) is 5.30. The zero-order valence-electron chi connectivity index (χ0n) is 14.1. The molecule has 2 aromatic rings. The highest BCUT2D eigenvalue weighted by Crippen LogP contribution is 2.75. The maximum atomic E-state index is 13.5. The molecule has 6 rings (SSSR count). The van der Waals surface area contributed by atoms with Gasteiger partial charge in [-0.3, -0.25) is 14.4 Å². The zero-order valence-corrected chi connectivity index (χ0v) is 14.1. The van der Waals surface area contributed by atoms with Crippen molar-refractivity contribution in [2.45, 2.75) is 23.2 Å². The van der Waals surface area contributed by atoms with Gasteiger partial charge in [0.15, 0.2) is 22.9 Å². The molecule has 2 bridgehead atoms. The van der Waals surface area contributed by atoms with Crippen molar-refractivity contribution in [3.05, 3.63) is 53.1 Å². The molecule has 28 heavy (non-hydrogen) atoms. The number of hydrogen-bond acceptors (Lipinski definition) is 8. The second kappa shape index (κ2) is 4.26. The van der Waals surface area contributed by atoms with Gasteiger partial charge in [-0.05, 0) is 12.1 Å². The minimum Gasteiger partial charge on any atom is -0.507 e. The minimum absolute atomic E-state index is 0.0113. The molecule has 1 saturated heterocycles. The van der Waals surface area contributed by atoms with Crippen molar-refractivity contribution in [1.82, 2.24) is 0 Å². The molecule has 2 aromatic carbocycles. The number of esters is 1. The van der Waals surface area contributed by atoms with Crippen LogP contribution in [0.4, 0.5) is 0 Å². The molecule has 4 atom stereocenters. The van der Waals surface area contributed by atoms with Crippen molar-refractivity contribution in [2.75, 3.05) is 0 Å². The van der Waals surface area contributed by atoms with E-state index in [4.69, 9.17) is 9.47 Å². The van der Waals surface area contributed by atoms with Crippen LogP contribution in [0, 0.1) is 5.92 Å².